The van der Waals surface area contributed by atoms with Gasteiger partial charge in [0.05, 0.1) is 38.1 Å². The van der Waals surface area contributed by atoms with Crippen LogP contribution in [0.5, 0.6) is 0 Å². The van der Waals surface area contributed by atoms with Crippen LogP contribution in [0.3, 0.4) is 0 Å². The Labute approximate surface area is 330 Å². The van der Waals surface area contributed by atoms with Crippen molar-refractivity contribution in [1.29, 1.82) is 0 Å². The molecular formula is C33H56N2O23. The maximum atomic E-state index is 12.9. The van der Waals surface area contributed by atoms with Gasteiger partial charge in [-0.15, -0.1) is 0 Å². The van der Waals surface area contributed by atoms with Crippen LogP contribution in [0.4, 0.5) is 0 Å². The zero-order valence-corrected chi connectivity index (χ0v) is 31.9. The lowest BCUT2D eigenvalue weighted by Crippen LogP contribution is -2.71. The van der Waals surface area contributed by atoms with Crippen LogP contribution in [0.15, 0.2) is 0 Å². The number of carbonyl (C=O) groups is 3. The van der Waals surface area contributed by atoms with Gasteiger partial charge in [-0.25, -0.2) is 4.79 Å². The van der Waals surface area contributed by atoms with E-state index in [9.17, 15) is 75.7 Å². The Morgan fingerprint density at radius 1 is 0.741 bits per heavy atom. The molecule has 4 saturated heterocycles. The van der Waals surface area contributed by atoms with Gasteiger partial charge >= 0.3 is 5.97 Å². The third-order valence-electron chi connectivity index (χ3n) is 10.3. The molecule has 4 aliphatic rings. The fourth-order valence-electron chi connectivity index (χ4n) is 7.28. The van der Waals surface area contributed by atoms with Gasteiger partial charge in [0, 0.05) is 26.9 Å². The number of aliphatic hydroxyl groups is 11. The first-order valence-corrected chi connectivity index (χ1v) is 18.5. The average molecular weight is 849 g/mol. The van der Waals surface area contributed by atoms with E-state index in [1.807, 2.05) is 0 Å². The van der Waals surface area contributed by atoms with Crippen LogP contribution in [-0.2, 0) is 52.3 Å². The average Bonchev–Trinajstić information content (AvgIpc) is 3.17. The van der Waals surface area contributed by atoms with Crippen molar-refractivity contribution < 1.29 is 114 Å². The van der Waals surface area contributed by atoms with Crippen LogP contribution in [0.1, 0.15) is 34.1 Å². The monoisotopic (exact) mass is 848 g/mol. The molecule has 0 aromatic carbocycles. The highest BCUT2D eigenvalue weighted by molar-refractivity contribution is 5.76. The fourth-order valence-corrected chi connectivity index (χ4v) is 7.28. The highest BCUT2D eigenvalue weighted by Crippen LogP contribution is 2.39. The lowest BCUT2D eigenvalue weighted by molar-refractivity contribution is -0.391. The molecule has 0 aliphatic carbocycles. The van der Waals surface area contributed by atoms with Gasteiger partial charge in [-0.05, 0) is 13.8 Å². The molecule has 14 N–H and O–H groups in total. The van der Waals surface area contributed by atoms with Crippen LogP contribution < -0.4 is 10.6 Å². The molecule has 21 atom stereocenters. The van der Waals surface area contributed by atoms with E-state index in [0.717, 1.165) is 13.8 Å². The maximum absolute atomic E-state index is 12.9. The summed E-state index contributed by atoms with van der Waals surface area (Å²) in [7, 11) is 0. The third-order valence-corrected chi connectivity index (χ3v) is 10.3. The lowest BCUT2D eigenvalue weighted by Gasteiger charge is -2.51. The molecule has 0 aromatic rings. The Balaban J connectivity index is 1.73. The van der Waals surface area contributed by atoms with E-state index in [-0.39, 0.29) is 6.61 Å². The number of aliphatic carboxylic acids is 1. The molecule has 0 unspecified atom stereocenters. The topological polar surface area (TPSA) is 392 Å². The first-order valence-electron chi connectivity index (χ1n) is 18.5. The summed E-state index contributed by atoms with van der Waals surface area (Å²) in [6.45, 7) is 2.10. The Hall–Kier alpha value is -2.35. The molecule has 58 heavy (non-hydrogen) atoms. The number of aliphatic hydroxyl groups excluding tert-OH is 11. The van der Waals surface area contributed by atoms with Crippen LogP contribution in [0.2, 0.25) is 0 Å². The van der Waals surface area contributed by atoms with Crippen molar-refractivity contribution in [3.8, 4) is 0 Å². The van der Waals surface area contributed by atoms with Crippen LogP contribution in [0, 0.1) is 0 Å². The highest BCUT2D eigenvalue weighted by Gasteiger charge is 2.60. The summed E-state index contributed by atoms with van der Waals surface area (Å²) in [5.74, 6) is -6.55. The van der Waals surface area contributed by atoms with Gasteiger partial charge in [0.1, 0.15) is 85.4 Å². The molecule has 0 spiro atoms. The Bertz CT molecular complexity index is 1370. The van der Waals surface area contributed by atoms with E-state index in [2.05, 4.69) is 10.6 Å². The zero-order valence-electron chi connectivity index (χ0n) is 31.9. The summed E-state index contributed by atoms with van der Waals surface area (Å²) in [6, 6.07) is -2.97. The van der Waals surface area contributed by atoms with Crippen LogP contribution in [-0.4, -0.2) is 234 Å². The van der Waals surface area contributed by atoms with Crippen molar-refractivity contribution in [2.75, 3.05) is 26.4 Å². The van der Waals surface area contributed by atoms with E-state index in [4.69, 9.17) is 37.9 Å². The maximum Gasteiger partial charge on any atom is 0.364 e. The van der Waals surface area contributed by atoms with Crippen LogP contribution in [0.25, 0.3) is 0 Å². The number of carboxylic acid groups (broad SMARTS) is 1. The summed E-state index contributed by atoms with van der Waals surface area (Å²) in [4.78, 5) is 37.3. The van der Waals surface area contributed by atoms with E-state index in [0.29, 0.717) is 0 Å². The normalized spacial score (nSPS) is 44.5. The standard InChI is InChI=1S/C33H56N2O23/c1-5-51-29-18(35-12(4)40)27(56-30-23(47)22(46)19(43)10(2)52-30)25(16(9-38)54-29)55-31-24(48)28(21(45)15(8-37)53-31)58-33(32(49)50)6-13(41)17(34-11(3)39)26(57-33)20(44)14(42)7-36/h10,13-31,36-38,41-48H,5-9H2,1-4H3,(H,34,39)(H,35,40)(H,49,50)/t10-,13-,14+,15+,16+,17+,18+,19+,20+,21-,22+,23-,24+,25+,26+,27+,28-,29+,30-,31-,33-/m0/s1. The van der Waals surface area contributed by atoms with E-state index in [1.165, 1.54) is 6.92 Å². The summed E-state index contributed by atoms with van der Waals surface area (Å²) < 4.78 is 46.4. The first-order chi connectivity index (χ1) is 27.2. The SMILES string of the molecule is CCO[C@@H]1O[C@H](CO)[C@@H](O[C@@H]2O[C@H](CO)[C@H](O)[C@H](O[C@]3(C(=O)O)C[C@H](O)[C@@H](NC(C)=O)[C@H]([C@H](O)[C@H](O)CO)O3)[C@H]2O)[C@H](O[C@@H]2O[C@@H](C)[C@@H](O)[C@@H](O)[C@@H]2O)[C@H]1NC(C)=O. The predicted molar refractivity (Wildman–Crippen MR) is 182 cm³/mol. The first kappa shape index (κ1) is 48.3. The van der Waals surface area contributed by atoms with E-state index < -0.39 is 172 Å². The van der Waals surface area contributed by atoms with Gasteiger partial charge in [0.2, 0.25) is 11.8 Å². The number of rotatable bonds is 16. The number of carbonyl (C=O) groups excluding carboxylic acids is 2. The van der Waals surface area contributed by atoms with Gasteiger partial charge in [-0.1, -0.05) is 0 Å². The number of nitrogens with one attached hydrogen (secondary N) is 2. The molecule has 25 heteroatoms. The van der Waals surface area contributed by atoms with E-state index >= 15 is 0 Å². The van der Waals surface area contributed by atoms with Gasteiger partial charge in [-0.2, -0.15) is 0 Å². The molecule has 0 bridgehead atoms. The van der Waals surface area contributed by atoms with Crippen LogP contribution >= 0.6 is 0 Å². The minimum Gasteiger partial charge on any atom is -0.477 e. The molecule has 0 radical (unpaired) electrons. The summed E-state index contributed by atoms with van der Waals surface area (Å²) in [5, 5.41) is 132. The largest absolute Gasteiger partial charge is 0.477 e. The van der Waals surface area contributed by atoms with Crippen molar-refractivity contribution in [3.05, 3.63) is 0 Å². The molecule has 4 heterocycles. The molecule has 4 fully saturated rings. The zero-order chi connectivity index (χ0) is 43.4. The summed E-state index contributed by atoms with van der Waals surface area (Å²) >= 11 is 0. The lowest BCUT2D eigenvalue weighted by atomic mass is 9.88. The second kappa shape index (κ2) is 20.5. The third kappa shape index (κ3) is 10.4. The molecular weight excluding hydrogens is 792 g/mol. The van der Waals surface area contributed by atoms with Crippen molar-refractivity contribution in [1.82, 2.24) is 10.6 Å². The van der Waals surface area contributed by atoms with Gasteiger partial charge in [0.15, 0.2) is 18.9 Å². The van der Waals surface area contributed by atoms with E-state index in [1.54, 1.807) is 6.92 Å². The Morgan fingerprint density at radius 3 is 1.86 bits per heavy atom. The van der Waals surface area contributed by atoms with Crippen molar-refractivity contribution in [2.45, 2.75) is 162 Å². The number of carboxylic acids is 1. The number of ether oxygens (including phenoxy) is 8. The molecule has 4 rings (SSSR count). The molecule has 0 saturated carbocycles. The number of hydrogen-bond acceptors (Lipinski definition) is 22. The number of hydrogen-bond donors (Lipinski definition) is 14. The second-order valence-electron chi connectivity index (χ2n) is 14.5. The highest BCUT2D eigenvalue weighted by atomic mass is 16.8. The van der Waals surface area contributed by atoms with Crippen molar-refractivity contribution in [2.24, 2.45) is 0 Å². The quantitative estimate of drug-likeness (QED) is 0.0686. The Kier molecular flexibility index (Phi) is 17.1. The summed E-state index contributed by atoms with van der Waals surface area (Å²) in [5.41, 5.74) is 0. The fraction of sp³-hybridized carbons (Fsp3) is 0.909. The molecule has 0 aromatic heterocycles. The van der Waals surface area contributed by atoms with Gasteiger partial charge in [-0.3, -0.25) is 9.59 Å². The minimum atomic E-state index is -3.10. The smallest absolute Gasteiger partial charge is 0.364 e. The molecule has 2 amide bonds. The molecule has 336 valence electrons. The number of amides is 2. The molecule has 25 nitrogen and oxygen atoms in total. The summed E-state index contributed by atoms with van der Waals surface area (Å²) in [6.07, 6.45) is -33.9. The van der Waals surface area contributed by atoms with Crippen molar-refractivity contribution >= 4 is 17.8 Å². The molecule has 4 aliphatic heterocycles. The Morgan fingerprint density at radius 2 is 1.31 bits per heavy atom. The van der Waals surface area contributed by atoms with Crippen molar-refractivity contribution in [3.63, 3.8) is 0 Å². The van der Waals surface area contributed by atoms with Gasteiger partial charge in [0.25, 0.3) is 5.79 Å². The second-order valence-corrected chi connectivity index (χ2v) is 14.5. The predicted octanol–water partition coefficient (Wildman–Crippen LogP) is -8.18. The van der Waals surface area contributed by atoms with Gasteiger partial charge < -0.3 is 110 Å². The minimum absolute atomic E-state index is 0.00826.